The minimum Gasteiger partial charge on any atom is -0.481 e. The molecule has 9 heterocycles. The number of methoxy groups -OCH3 is 3. The maximum atomic E-state index is 13.9. The first-order chi connectivity index (χ1) is 54.0. The highest BCUT2D eigenvalue weighted by molar-refractivity contribution is 7.12. The number of Topliss-reactive ketones (excluding diaryl/α,β-unsaturated/α-hetero) is 1. The number of carbonyl (C=O) groups excluding carboxylic acids is 4. The maximum absolute atomic E-state index is 13.9. The quantitative estimate of drug-likeness (QED) is 0.0158. The topological polar surface area (TPSA) is 357 Å². The number of amidine groups is 3. The number of benzene rings is 3. The van der Waals surface area contributed by atoms with Crippen LogP contribution >= 0.6 is 68.8 Å². The number of aromatic nitrogens is 3. The van der Waals surface area contributed by atoms with Crippen LogP contribution in [0.15, 0.2) is 138 Å². The molecule has 7 atom stereocenters. The first-order valence-electron chi connectivity index (χ1n) is 35.8. The van der Waals surface area contributed by atoms with Gasteiger partial charge in [0, 0.05) is 154 Å². The Morgan fingerprint density at radius 1 is 0.584 bits per heavy atom. The summed E-state index contributed by atoms with van der Waals surface area (Å²) < 4.78 is 74.5. The summed E-state index contributed by atoms with van der Waals surface area (Å²) >= 11 is 23.4. The maximum Gasteiger partial charge on any atom is 0.338 e. The summed E-state index contributed by atoms with van der Waals surface area (Å²) in [6, 6.07) is 8.84. The number of aliphatic carboxylic acids is 3. The van der Waals surface area contributed by atoms with E-state index < -0.39 is 83.2 Å². The molecule has 113 heavy (non-hydrogen) atoms. The Balaban J connectivity index is 0.000000180. The minimum absolute atomic E-state index is 0.0102. The van der Waals surface area contributed by atoms with Crippen molar-refractivity contribution in [3.63, 3.8) is 0 Å². The Labute approximate surface area is 675 Å². The van der Waals surface area contributed by atoms with E-state index in [1.165, 1.54) is 110 Å². The molecule has 6 N–H and O–H groups in total. The van der Waals surface area contributed by atoms with Crippen molar-refractivity contribution >= 4 is 128 Å². The SMILES string of the molecule is COC(=O)C1=C(CN2CCOCC2CC(C)(C)C(=O)O)NC(c2nccs2)=N[C@H]1c1ccc(F)cc1Cl.COC(=O)C1=C(CN2CCO[C@H](C(C)C)[C@H]2CCC(=O)O)NC(c2nccs2)=N[C@H]1c1ccc(F)cc1Cl.COC(=O)C1=C(CN2CCO[C@H](CCC(=O)CC(=O)O)C2)NC(c2nccs2)=N[C@H]1c1ccc(F)cc1Cl. The summed E-state index contributed by atoms with van der Waals surface area (Å²) in [5, 5.41) is 45.3. The monoisotopic (exact) mass is 1680 g/mol. The molecule has 6 aliphatic heterocycles. The van der Waals surface area contributed by atoms with Gasteiger partial charge in [0.25, 0.3) is 0 Å². The largest absolute Gasteiger partial charge is 0.481 e. The Kier molecular flexibility index (Phi) is 30.5. The molecule has 3 aromatic carbocycles. The summed E-state index contributed by atoms with van der Waals surface area (Å²) in [6.07, 6.45) is 5.20. The highest BCUT2D eigenvalue weighted by Gasteiger charge is 2.43. The fourth-order valence-corrected chi connectivity index (χ4v) is 16.3. The van der Waals surface area contributed by atoms with Crippen molar-refractivity contribution in [1.29, 1.82) is 0 Å². The van der Waals surface area contributed by atoms with Crippen LogP contribution in [0.25, 0.3) is 0 Å². The van der Waals surface area contributed by atoms with Crippen LogP contribution in [0, 0.1) is 28.8 Å². The lowest BCUT2D eigenvalue weighted by Gasteiger charge is -2.44. The predicted molar refractivity (Wildman–Crippen MR) is 417 cm³/mol. The van der Waals surface area contributed by atoms with Crippen LogP contribution in [0.1, 0.15) is 116 Å². The number of ether oxygens (including phenoxy) is 6. The van der Waals surface area contributed by atoms with Gasteiger partial charge in [-0.25, -0.2) is 42.5 Å². The zero-order chi connectivity index (χ0) is 81.4. The number of carboxylic acid groups (broad SMARTS) is 3. The molecule has 604 valence electrons. The van der Waals surface area contributed by atoms with Gasteiger partial charge in [0.2, 0.25) is 0 Å². The lowest BCUT2D eigenvalue weighted by molar-refractivity contribution is -0.149. The van der Waals surface area contributed by atoms with E-state index in [0.717, 1.165) is 0 Å². The number of aliphatic imine (C=N–C) groups is 3. The molecule has 28 nitrogen and oxygen atoms in total. The lowest BCUT2D eigenvalue weighted by Crippen LogP contribution is -2.55. The second kappa shape index (κ2) is 39.9. The number of halogens is 6. The van der Waals surface area contributed by atoms with Gasteiger partial charge in [0.1, 0.15) is 47.8 Å². The molecule has 0 radical (unpaired) electrons. The minimum atomic E-state index is -1.15. The number of carbonyl (C=O) groups is 7. The number of hydrogen-bond donors (Lipinski definition) is 6. The van der Waals surface area contributed by atoms with Gasteiger partial charge in [-0.3, -0.25) is 48.9 Å². The molecule has 3 fully saturated rings. The normalized spacial score (nSPS) is 21.0. The zero-order valence-corrected chi connectivity index (χ0v) is 67.2. The van der Waals surface area contributed by atoms with Gasteiger partial charge < -0.3 is 59.7 Å². The van der Waals surface area contributed by atoms with E-state index in [2.05, 4.69) is 45.6 Å². The molecule has 6 aliphatic rings. The van der Waals surface area contributed by atoms with Crippen molar-refractivity contribution < 1.29 is 90.5 Å². The van der Waals surface area contributed by atoms with Crippen molar-refractivity contribution in [1.82, 2.24) is 45.6 Å². The fourth-order valence-electron chi connectivity index (χ4n) is 13.7. The molecule has 6 aromatic rings. The van der Waals surface area contributed by atoms with Gasteiger partial charge in [0.15, 0.2) is 32.5 Å². The fraction of sp³-hybridized carbons (Fsp3) is 0.434. The van der Waals surface area contributed by atoms with Crippen LogP contribution < -0.4 is 16.0 Å². The van der Waals surface area contributed by atoms with Crippen molar-refractivity contribution in [2.45, 2.75) is 109 Å². The molecule has 0 aliphatic carbocycles. The number of rotatable bonds is 27. The van der Waals surface area contributed by atoms with Gasteiger partial charge in [0.05, 0.1) is 82.1 Å². The smallest absolute Gasteiger partial charge is 0.338 e. The number of carboxylic acids is 3. The molecule has 0 amide bonds. The summed E-state index contributed by atoms with van der Waals surface area (Å²) in [6.45, 7) is 12.1. The molecule has 12 rings (SSSR count). The summed E-state index contributed by atoms with van der Waals surface area (Å²) in [4.78, 5) is 119. The zero-order valence-electron chi connectivity index (χ0n) is 62.5. The number of ketones is 1. The van der Waals surface area contributed by atoms with E-state index in [4.69, 9.17) is 83.3 Å². The van der Waals surface area contributed by atoms with E-state index in [-0.39, 0.29) is 93.7 Å². The number of nitrogens with zero attached hydrogens (tertiary/aromatic N) is 9. The van der Waals surface area contributed by atoms with Crippen molar-refractivity contribution in [3.8, 4) is 0 Å². The Morgan fingerprint density at radius 2 is 1.02 bits per heavy atom. The predicted octanol–water partition coefficient (Wildman–Crippen LogP) is 10.7. The molecule has 3 aromatic heterocycles. The standard InChI is InChI=1S/C26H30ClFN4O5S.C25H26ClFN4O6S.C25H28ClFN4O5S/c1-14(2)23-19(6-7-20(33)34)32(9-10-37-23)13-18-21(26(35)36-3)22(16-5-4-15(28)12-17(16)27)31-24(30-18)25-29-8-11-38-25;1-36-25(35)21-19(13-31-7-8-37-16(12-31)4-3-15(32)11-20(33)34)29-23(24-28-6-9-38-24)30-22(21)17-5-2-14(27)10-18(17)26;1-25(2,24(33)34)11-15-13-36-8-7-31(15)12-18-19(23(32)35-3)20(16-5-4-14(27)10-17(16)26)30-21(29-18)22-28-6-9-37-22/h4-5,8,11-12,14,19,22-23H,6-7,9-10,13H2,1-3H3,(H,30,31)(H,33,34);2,5-6,9-10,16,22H,3-4,7-8,11-13H2,1H3,(H,29,30)(H,33,34);4-6,9-10,15,20H,7-8,11-13H2,1-3H3,(H,29,30)(H,33,34)/t19-,22+,23-;16-,22+;15?,20-/m110/s1. The van der Waals surface area contributed by atoms with E-state index >= 15 is 0 Å². The first kappa shape index (κ1) is 86.5. The molecule has 0 bridgehead atoms. The van der Waals surface area contributed by atoms with Crippen LogP contribution in [0.4, 0.5) is 13.2 Å². The Bertz CT molecular complexity index is 4650. The summed E-state index contributed by atoms with van der Waals surface area (Å²) in [7, 11) is 3.84. The van der Waals surface area contributed by atoms with E-state index in [9.17, 15) is 56.9 Å². The van der Waals surface area contributed by atoms with Crippen molar-refractivity contribution in [2.24, 2.45) is 26.3 Å². The Hall–Kier alpha value is -8.91. The van der Waals surface area contributed by atoms with Crippen LogP contribution in [0.2, 0.25) is 15.1 Å². The second-order valence-corrected chi connectivity index (χ2v) is 31.6. The van der Waals surface area contributed by atoms with Gasteiger partial charge in [-0.2, -0.15) is 0 Å². The summed E-state index contributed by atoms with van der Waals surface area (Å²) in [5.74, 6) is -5.14. The molecule has 3 saturated heterocycles. The van der Waals surface area contributed by atoms with Crippen LogP contribution in [0.3, 0.4) is 0 Å². The number of morpholine rings is 3. The number of nitrogens with one attached hydrogen (secondary N) is 3. The lowest BCUT2D eigenvalue weighted by atomic mass is 9.85. The van der Waals surface area contributed by atoms with Gasteiger partial charge in [-0.05, 0) is 75.4 Å². The first-order valence-corrected chi connectivity index (χ1v) is 39.5. The van der Waals surface area contributed by atoms with Crippen LogP contribution in [-0.4, -0.2) is 222 Å². The van der Waals surface area contributed by atoms with Gasteiger partial charge in [-0.15, -0.1) is 34.0 Å². The second-order valence-electron chi connectivity index (χ2n) is 27.7. The van der Waals surface area contributed by atoms with E-state index in [0.29, 0.717) is 145 Å². The molecule has 0 spiro atoms. The molecular formula is C76H84Cl3F3N12O16S3. The summed E-state index contributed by atoms with van der Waals surface area (Å²) in [5.41, 5.74) is 2.67. The number of esters is 3. The van der Waals surface area contributed by atoms with Gasteiger partial charge >= 0.3 is 35.8 Å². The van der Waals surface area contributed by atoms with E-state index in [1.54, 1.807) is 37.8 Å². The number of thiazole rings is 3. The van der Waals surface area contributed by atoms with Gasteiger partial charge in [-0.1, -0.05) is 66.8 Å². The average molecular weight is 1680 g/mol. The van der Waals surface area contributed by atoms with Crippen LogP contribution in [-0.2, 0) is 62.0 Å². The van der Waals surface area contributed by atoms with Crippen molar-refractivity contribution in [2.75, 3.05) is 93.6 Å². The Morgan fingerprint density at radius 3 is 1.42 bits per heavy atom. The van der Waals surface area contributed by atoms with Crippen molar-refractivity contribution in [3.05, 3.63) is 187 Å². The molecular weight excluding hydrogens is 1600 g/mol. The van der Waals surface area contributed by atoms with E-state index in [1.807, 2.05) is 24.6 Å². The highest BCUT2D eigenvalue weighted by atomic mass is 35.5. The third-order valence-electron chi connectivity index (χ3n) is 19.2. The third-order valence-corrected chi connectivity index (χ3v) is 22.5. The molecule has 0 saturated carbocycles. The van der Waals surface area contributed by atoms with Crippen LogP contribution in [0.5, 0.6) is 0 Å². The number of hydrogen-bond acceptors (Lipinski definition) is 28. The molecule has 37 heteroatoms. The molecule has 1 unspecified atom stereocenters. The third kappa shape index (κ3) is 22.4. The highest BCUT2D eigenvalue weighted by Crippen LogP contribution is 2.42. The average Bonchev–Trinajstić information content (AvgIpc) is 1.48.